The third-order valence-electron chi connectivity index (χ3n) is 2.92. The Kier molecular flexibility index (Phi) is 4.81. The lowest BCUT2D eigenvalue weighted by molar-refractivity contribution is -0.132. The van der Waals surface area contributed by atoms with Crippen LogP contribution in [0.5, 0.6) is 11.5 Å². The van der Waals surface area contributed by atoms with E-state index in [1.165, 1.54) is 4.90 Å². The zero-order valence-electron chi connectivity index (χ0n) is 12.3. The third kappa shape index (κ3) is 3.98. The third-order valence-corrected chi connectivity index (χ3v) is 2.92. The van der Waals surface area contributed by atoms with E-state index in [0.717, 1.165) is 5.76 Å². The van der Waals surface area contributed by atoms with Crippen molar-refractivity contribution >= 4 is 5.91 Å². The van der Waals surface area contributed by atoms with Crippen molar-refractivity contribution in [2.45, 2.75) is 13.5 Å². The van der Waals surface area contributed by atoms with Crippen molar-refractivity contribution in [1.29, 1.82) is 0 Å². The number of benzene rings is 1. The van der Waals surface area contributed by atoms with Gasteiger partial charge in [0.05, 0.1) is 13.7 Å². The molecule has 0 aliphatic rings. The number of aromatic nitrogens is 1. The topological polar surface area (TPSA) is 64.8 Å². The summed E-state index contributed by atoms with van der Waals surface area (Å²) in [7, 11) is 3.25. The summed E-state index contributed by atoms with van der Waals surface area (Å²) >= 11 is 0. The van der Waals surface area contributed by atoms with Gasteiger partial charge in [0.1, 0.15) is 11.5 Å². The van der Waals surface area contributed by atoms with Gasteiger partial charge >= 0.3 is 0 Å². The first-order chi connectivity index (χ1) is 10.1. The fourth-order valence-corrected chi connectivity index (χ4v) is 1.81. The molecule has 0 bridgehead atoms. The molecule has 6 heteroatoms. The summed E-state index contributed by atoms with van der Waals surface area (Å²) in [6, 6.07) is 9.00. The number of carbonyl (C=O) groups excluding carboxylic acids is 1. The number of nitrogens with zero attached hydrogens (tertiary/aromatic N) is 2. The normalized spacial score (nSPS) is 10.2. The molecule has 0 N–H and O–H groups in total. The van der Waals surface area contributed by atoms with Crippen LogP contribution in [-0.2, 0) is 11.3 Å². The van der Waals surface area contributed by atoms with Crippen molar-refractivity contribution in [1.82, 2.24) is 10.1 Å². The number of aryl methyl sites for hydroxylation is 1. The molecule has 1 heterocycles. The van der Waals surface area contributed by atoms with Crippen LogP contribution in [0.2, 0.25) is 0 Å². The Hall–Kier alpha value is -2.50. The predicted molar refractivity (Wildman–Crippen MR) is 76.2 cm³/mol. The minimum atomic E-state index is -0.151. The molecule has 1 amide bonds. The Labute approximate surface area is 123 Å². The average molecular weight is 290 g/mol. The van der Waals surface area contributed by atoms with Gasteiger partial charge in [-0.05, 0) is 19.1 Å². The van der Waals surface area contributed by atoms with Gasteiger partial charge in [-0.15, -0.1) is 0 Å². The second-order valence-electron chi connectivity index (χ2n) is 4.62. The van der Waals surface area contributed by atoms with E-state index in [0.29, 0.717) is 23.7 Å². The maximum absolute atomic E-state index is 12.0. The molecule has 0 aliphatic heterocycles. The largest absolute Gasteiger partial charge is 0.493 e. The Bertz CT molecular complexity index is 609. The Morgan fingerprint density at radius 2 is 2.05 bits per heavy atom. The first-order valence-electron chi connectivity index (χ1n) is 6.52. The molecule has 0 spiro atoms. The van der Waals surface area contributed by atoms with E-state index in [1.54, 1.807) is 32.4 Å². The summed E-state index contributed by atoms with van der Waals surface area (Å²) in [5.74, 6) is 1.71. The quantitative estimate of drug-likeness (QED) is 0.814. The molecule has 0 saturated heterocycles. The van der Waals surface area contributed by atoms with Crippen LogP contribution >= 0.6 is 0 Å². The van der Waals surface area contributed by atoms with Gasteiger partial charge in [0, 0.05) is 13.1 Å². The van der Waals surface area contributed by atoms with E-state index < -0.39 is 0 Å². The highest BCUT2D eigenvalue weighted by Gasteiger charge is 2.13. The minimum Gasteiger partial charge on any atom is -0.493 e. The van der Waals surface area contributed by atoms with Crippen LogP contribution in [0.15, 0.2) is 34.9 Å². The van der Waals surface area contributed by atoms with E-state index in [4.69, 9.17) is 14.0 Å². The highest BCUT2D eigenvalue weighted by Crippen LogP contribution is 2.25. The summed E-state index contributed by atoms with van der Waals surface area (Å²) < 4.78 is 15.6. The van der Waals surface area contributed by atoms with Gasteiger partial charge in [0.2, 0.25) is 0 Å². The highest BCUT2D eigenvalue weighted by atomic mass is 16.5. The van der Waals surface area contributed by atoms with Crippen LogP contribution in [0, 0.1) is 6.92 Å². The molecule has 0 atom stereocenters. The number of likely N-dealkylation sites (N-methyl/N-ethyl adjacent to an activating group) is 1. The number of amides is 1. The standard InChI is InChI=1S/C15H18N2O4/c1-11-8-12(16-21-11)9-17(2)15(18)10-20-14-7-5-4-6-13(14)19-3/h4-8H,9-10H2,1-3H3. The number of ether oxygens (including phenoxy) is 2. The van der Waals surface area contributed by atoms with Crippen molar-refractivity contribution < 1.29 is 18.8 Å². The molecule has 1 aromatic carbocycles. The molecule has 2 aromatic rings. The Morgan fingerprint density at radius 3 is 2.67 bits per heavy atom. The summed E-state index contributed by atoms with van der Waals surface area (Å²) in [6.45, 7) is 2.13. The maximum Gasteiger partial charge on any atom is 0.260 e. The van der Waals surface area contributed by atoms with Crippen molar-refractivity contribution in [3.63, 3.8) is 0 Å². The summed E-state index contributed by atoms with van der Waals surface area (Å²) in [5, 5.41) is 3.85. The van der Waals surface area contributed by atoms with Crippen molar-refractivity contribution in [3.8, 4) is 11.5 Å². The van der Waals surface area contributed by atoms with Gasteiger partial charge in [-0.3, -0.25) is 4.79 Å². The molecule has 21 heavy (non-hydrogen) atoms. The second-order valence-corrected chi connectivity index (χ2v) is 4.62. The lowest BCUT2D eigenvalue weighted by Gasteiger charge is -2.16. The number of rotatable bonds is 6. The number of hydrogen-bond acceptors (Lipinski definition) is 5. The number of carbonyl (C=O) groups is 1. The van der Waals surface area contributed by atoms with Gasteiger partial charge in [-0.1, -0.05) is 17.3 Å². The SMILES string of the molecule is COc1ccccc1OCC(=O)N(C)Cc1cc(C)on1. The van der Waals surface area contributed by atoms with Crippen LogP contribution < -0.4 is 9.47 Å². The van der Waals surface area contributed by atoms with Gasteiger partial charge in [-0.2, -0.15) is 0 Å². The zero-order chi connectivity index (χ0) is 15.2. The van der Waals surface area contributed by atoms with E-state index in [-0.39, 0.29) is 12.5 Å². The molecule has 0 saturated carbocycles. The van der Waals surface area contributed by atoms with Gasteiger partial charge in [0.25, 0.3) is 5.91 Å². The van der Waals surface area contributed by atoms with E-state index in [2.05, 4.69) is 5.16 Å². The highest BCUT2D eigenvalue weighted by molar-refractivity contribution is 5.77. The van der Waals surface area contributed by atoms with Crippen LogP contribution in [0.3, 0.4) is 0 Å². The first-order valence-corrected chi connectivity index (χ1v) is 6.52. The van der Waals surface area contributed by atoms with Crippen LogP contribution in [0.4, 0.5) is 0 Å². The number of methoxy groups -OCH3 is 1. The number of para-hydroxylation sites is 2. The molecule has 112 valence electrons. The van der Waals surface area contributed by atoms with Crippen LogP contribution in [-0.4, -0.2) is 36.7 Å². The molecule has 6 nitrogen and oxygen atoms in total. The predicted octanol–water partition coefficient (Wildman–Crippen LogP) is 2.03. The van der Waals surface area contributed by atoms with E-state index in [1.807, 2.05) is 19.1 Å². The summed E-state index contributed by atoms with van der Waals surface area (Å²) in [5.41, 5.74) is 0.709. The van der Waals surface area contributed by atoms with Crippen molar-refractivity contribution in [3.05, 3.63) is 41.8 Å². The van der Waals surface area contributed by atoms with Crippen molar-refractivity contribution in [2.75, 3.05) is 20.8 Å². The first kappa shape index (κ1) is 14.9. The molecule has 1 aromatic heterocycles. The smallest absolute Gasteiger partial charge is 0.260 e. The fraction of sp³-hybridized carbons (Fsp3) is 0.333. The summed E-state index contributed by atoms with van der Waals surface area (Å²) in [4.78, 5) is 13.6. The molecule has 2 rings (SSSR count). The van der Waals surface area contributed by atoms with Crippen molar-refractivity contribution in [2.24, 2.45) is 0 Å². The lowest BCUT2D eigenvalue weighted by atomic mass is 10.3. The molecule has 0 radical (unpaired) electrons. The maximum atomic E-state index is 12.0. The van der Waals surface area contributed by atoms with E-state index >= 15 is 0 Å². The second kappa shape index (κ2) is 6.78. The van der Waals surface area contributed by atoms with Crippen LogP contribution in [0.25, 0.3) is 0 Å². The fourth-order valence-electron chi connectivity index (χ4n) is 1.81. The molecular formula is C15H18N2O4. The van der Waals surface area contributed by atoms with E-state index in [9.17, 15) is 4.79 Å². The lowest BCUT2D eigenvalue weighted by Crippen LogP contribution is -2.31. The molecule has 0 unspecified atom stereocenters. The monoisotopic (exact) mass is 290 g/mol. The average Bonchev–Trinajstić information content (AvgIpc) is 2.90. The van der Waals surface area contributed by atoms with Gasteiger partial charge in [0.15, 0.2) is 18.1 Å². The van der Waals surface area contributed by atoms with Gasteiger partial charge < -0.3 is 18.9 Å². The summed E-state index contributed by atoms with van der Waals surface area (Å²) in [6.07, 6.45) is 0. The number of hydrogen-bond donors (Lipinski definition) is 0. The zero-order valence-corrected chi connectivity index (χ0v) is 12.3. The van der Waals surface area contributed by atoms with Gasteiger partial charge in [-0.25, -0.2) is 0 Å². The molecule has 0 aliphatic carbocycles. The Balaban J connectivity index is 1.89. The van der Waals surface area contributed by atoms with Crippen LogP contribution in [0.1, 0.15) is 11.5 Å². The minimum absolute atomic E-state index is 0.0618. The Morgan fingerprint density at radius 1 is 1.33 bits per heavy atom. The molecule has 0 fully saturated rings. The molecular weight excluding hydrogens is 272 g/mol.